The maximum absolute atomic E-state index is 10.5. The maximum atomic E-state index is 10.5. The van der Waals surface area contributed by atoms with E-state index in [0.29, 0.717) is 17.9 Å². The van der Waals surface area contributed by atoms with Gasteiger partial charge in [-0.3, -0.25) is 0 Å². The first-order chi connectivity index (χ1) is 10.2. The van der Waals surface area contributed by atoms with Crippen LogP contribution in [0.5, 0.6) is 0 Å². The van der Waals surface area contributed by atoms with E-state index in [-0.39, 0.29) is 17.4 Å². The third-order valence-corrected chi connectivity index (χ3v) is 5.56. The molecule has 4 atom stereocenters. The molecule has 3 aliphatic rings. The van der Waals surface area contributed by atoms with Gasteiger partial charge in [-0.2, -0.15) is 0 Å². The van der Waals surface area contributed by atoms with E-state index >= 15 is 0 Å². The molecule has 4 unspecified atom stereocenters. The van der Waals surface area contributed by atoms with E-state index in [9.17, 15) is 10.2 Å². The summed E-state index contributed by atoms with van der Waals surface area (Å²) in [5.74, 6) is 1.15. The molecule has 1 aliphatic heterocycles. The lowest BCUT2D eigenvalue weighted by atomic mass is 9.74. The van der Waals surface area contributed by atoms with E-state index in [2.05, 4.69) is 36.2 Å². The zero-order valence-corrected chi connectivity index (χ0v) is 12.2. The van der Waals surface area contributed by atoms with Crippen molar-refractivity contribution in [2.24, 2.45) is 11.8 Å². The number of nitrogens with zero attached hydrogens (tertiary/aromatic N) is 1. The quantitative estimate of drug-likeness (QED) is 0.830. The molecular formula is C18H21NO2. The number of aliphatic hydroxyl groups excluding tert-OH is 2. The molecule has 1 aromatic carbocycles. The summed E-state index contributed by atoms with van der Waals surface area (Å²) < 4.78 is 0. The minimum Gasteiger partial charge on any atom is -0.504 e. The Morgan fingerprint density at radius 2 is 1.90 bits per heavy atom. The van der Waals surface area contributed by atoms with Crippen LogP contribution in [-0.2, 0) is 0 Å². The van der Waals surface area contributed by atoms with Crippen molar-refractivity contribution in [2.75, 3.05) is 13.6 Å². The Morgan fingerprint density at radius 3 is 2.67 bits per heavy atom. The molecule has 110 valence electrons. The summed E-state index contributed by atoms with van der Waals surface area (Å²) in [6.07, 6.45) is 3.96. The SMILES string of the molecule is CN1CCC2C=C(O)C(O)=C3C(c4ccccc4)CC1C32. The second-order valence-electron chi connectivity index (χ2n) is 6.58. The molecule has 0 radical (unpaired) electrons. The summed E-state index contributed by atoms with van der Waals surface area (Å²) >= 11 is 0. The van der Waals surface area contributed by atoms with E-state index in [1.54, 1.807) is 0 Å². The molecule has 2 N–H and O–H groups in total. The normalized spacial score (nSPS) is 35.6. The van der Waals surface area contributed by atoms with Crippen LogP contribution in [0.15, 0.2) is 53.5 Å². The van der Waals surface area contributed by atoms with Gasteiger partial charge < -0.3 is 15.1 Å². The minimum absolute atomic E-state index is 0.0809. The van der Waals surface area contributed by atoms with Gasteiger partial charge in [-0.25, -0.2) is 0 Å². The average molecular weight is 283 g/mol. The number of benzene rings is 1. The Bertz CT molecular complexity index is 619. The summed E-state index contributed by atoms with van der Waals surface area (Å²) in [6, 6.07) is 10.9. The molecule has 1 saturated heterocycles. The van der Waals surface area contributed by atoms with Crippen LogP contribution in [-0.4, -0.2) is 34.7 Å². The van der Waals surface area contributed by atoms with Crippen LogP contribution in [0.1, 0.15) is 24.3 Å². The highest BCUT2D eigenvalue weighted by atomic mass is 16.3. The molecule has 0 bridgehead atoms. The molecule has 0 spiro atoms. The number of likely N-dealkylation sites (tertiary alicyclic amines) is 1. The topological polar surface area (TPSA) is 43.7 Å². The molecule has 3 nitrogen and oxygen atoms in total. The van der Waals surface area contributed by atoms with Crippen LogP contribution in [0.25, 0.3) is 0 Å². The van der Waals surface area contributed by atoms with Gasteiger partial charge in [-0.15, -0.1) is 0 Å². The van der Waals surface area contributed by atoms with E-state index in [0.717, 1.165) is 25.0 Å². The Morgan fingerprint density at radius 1 is 1.14 bits per heavy atom. The largest absolute Gasteiger partial charge is 0.504 e. The fourth-order valence-electron chi connectivity index (χ4n) is 4.56. The van der Waals surface area contributed by atoms with Crippen molar-refractivity contribution in [3.05, 3.63) is 59.1 Å². The smallest absolute Gasteiger partial charge is 0.157 e. The fourth-order valence-corrected chi connectivity index (χ4v) is 4.56. The summed E-state index contributed by atoms with van der Waals surface area (Å²) in [5.41, 5.74) is 2.30. The second kappa shape index (κ2) is 4.63. The third kappa shape index (κ3) is 1.84. The van der Waals surface area contributed by atoms with Crippen LogP contribution in [0, 0.1) is 11.8 Å². The first-order valence-electron chi connectivity index (χ1n) is 7.76. The van der Waals surface area contributed by atoms with Gasteiger partial charge in [-0.05, 0) is 49.6 Å². The molecule has 2 aliphatic carbocycles. The molecule has 0 aromatic heterocycles. The zero-order chi connectivity index (χ0) is 14.6. The molecule has 3 heteroatoms. The Balaban J connectivity index is 1.84. The second-order valence-corrected chi connectivity index (χ2v) is 6.58. The molecule has 1 heterocycles. The van der Waals surface area contributed by atoms with Crippen LogP contribution < -0.4 is 0 Å². The molecule has 0 amide bonds. The maximum Gasteiger partial charge on any atom is 0.157 e. The Hall–Kier alpha value is -1.74. The Kier molecular flexibility index (Phi) is 2.86. The van der Waals surface area contributed by atoms with Gasteiger partial charge >= 0.3 is 0 Å². The van der Waals surface area contributed by atoms with Crippen LogP contribution >= 0.6 is 0 Å². The molecule has 4 rings (SSSR count). The van der Waals surface area contributed by atoms with Crippen LogP contribution in [0.3, 0.4) is 0 Å². The standard InChI is InChI=1S/C18H21NO2/c1-19-8-7-12-9-15(20)18(21)17-13(10-14(19)16(12)17)11-5-3-2-4-6-11/h2-6,9,12-14,16,20-21H,7-8,10H2,1H3. The summed E-state index contributed by atoms with van der Waals surface area (Å²) in [6.45, 7) is 1.06. The molecular weight excluding hydrogens is 262 g/mol. The number of hydrogen-bond donors (Lipinski definition) is 2. The first kappa shape index (κ1) is 13.0. The van der Waals surface area contributed by atoms with Crippen molar-refractivity contribution in [3.63, 3.8) is 0 Å². The van der Waals surface area contributed by atoms with Crippen LogP contribution in [0.4, 0.5) is 0 Å². The summed E-state index contributed by atoms with van der Waals surface area (Å²) in [5, 5.41) is 20.6. The lowest BCUT2D eigenvalue weighted by molar-refractivity contribution is 0.117. The minimum atomic E-state index is 0.0809. The van der Waals surface area contributed by atoms with Crippen molar-refractivity contribution >= 4 is 0 Å². The highest BCUT2D eigenvalue weighted by molar-refractivity contribution is 5.44. The molecule has 1 aromatic rings. The van der Waals surface area contributed by atoms with Gasteiger partial charge in [0.2, 0.25) is 0 Å². The van der Waals surface area contributed by atoms with Gasteiger partial charge in [0.05, 0.1) is 0 Å². The summed E-state index contributed by atoms with van der Waals surface area (Å²) in [7, 11) is 2.18. The van der Waals surface area contributed by atoms with Crippen molar-refractivity contribution in [1.82, 2.24) is 4.90 Å². The van der Waals surface area contributed by atoms with Gasteiger partial charge in [0.15, 0.2) is 11.5 Å². The molecule has 1 saturated carbocycles. The van der Waals surface area contributed by atoms with Crippen molar-refractivity contribution in [2.45, 2.75) is 24.8 Å². The van der Waals surface area contributed by atoms with Gasteiger partial charge in [0.25, 0.3) is 0 Å². The monoisotopic (exact) mass is 283 g/mol. The lowest BCUT2D eigenvalue weighted by Crippen LogP contribution is -2.45. The van der Waals surface area contributed by atoms with Crippen molar-refractivity contribution in [1.29, 1.82) is 0 Å². The average Bonchev–Trinajstić information content (AvgIpc) is 2.91. The van der Waals surface area contributed by atoms with Crippen molar-refractivity contribution < 1.29 is 10.2 Å². The van der Waals surface area contributed by atoms with Crippen molar-refractivity contribution in [3.8, 4) is 0 Å². The fraction of sp³-hybridized carbons (Fsp3) is 0.444. The third-order valence-electron chi connectivity index (χ3n) is 5.56. The van der Waals surface area contributed by atoms with Crippen LogP contribution in [0.2, 0.25) is 0 Å². The number of aliphatic hydroxyl groups is 2. The number of piperidine rings is 1. The van der Waals surface area contributed by atoms with E-state index in [1.165, 1.54) is 5.56 Å². The van der Waals surface area contributed by atoms with Gasteiger partial charge in [0.1, 0.15) is 0 Å². The predicted molar refractivity (Wildman–Crippen MR) is 82.2 cm³/mol. The number of rotatable bonds is 1. The lowest BCUT2D eigenvalue weighted by Gasteiger charge is -2.41. The van der Waals surface area contributed by atoms with E-state index in [4.69, 9.17) is 0 Å². The van der Waals surface area contributed by atoms with Gasteiger partial charge in [0, 0.05) is 17.9 Å². The number of hydrogen-bond acceptors (Lipinski definition) is 3. The highest BCUT2D eigenvalue weighted by Gasteiger charge is 2.50. The molecule has 21 heavy (non-hydrogen) atoms. The van der Waals surface area contributed by atoms with E-state index < -0.39 is 0 Å². The molecule has 2 fully saturated rings. The van der Waals surface area contributed by atoms with Gasteiger partial charge in [-0.1, -0.05) is 30.3 Å². The first-order valence-corrected chi connectivity index (χ1v) is 7.76. The van der Waals surface area contributed by atoms with E-state index in [1.807, 2.05) is 12.1 Å². The Labute approximate surface area is 125 Å². The predicted octanol–water partition coefficient (Wildman–Crippen LogP) is 3.38. The summed E-state index contributed by atoms with van der Waals surface area (Å²) in [4.78, 5) is 2.42. The zero-order valence-electron chi connectivity index (χ0n) is 12.2. The number of allylic oxidation sites excluding steroid dienone is 1. The highest BCUT2D eigenvalue weighted by Crippen LogP contribution is 2.54.